The summed E-state index contributed by atoms with van der Waals surface area (Å²) >= 11 is 10.8. The highest BCUT2D eigenvalue weighted by Gasteiger charge is 2.38. The van der Waals surface area contributed by atoms with Gasteiger partial charge in [-0.3, -0.25) is 10.1 Å². The minimum atomic E-state index is -4.75. The number of nitro groups is 1. The van der Waals surface area contributed by atoms with Crippen LogP contribution in [0.15, 0.2) is 6.07 Å². The van der Waals surface area contributed by atoms with Crippen molar-refractivity contribution in [2.24, 2.45) is 0 Å². The fraction of sp³-hybridized carbons (Fsp3) is 0.250. The molecule has 0 bridgehead atoms. The van der Waals surface area contributed by atoms with Crippen LogP contribution in [0.3, 0.4) is 0 Å². The summed E-state index contributed by atoms with van der Waals surface area (Å²) in [4.78, 5) is 9.51. The van der Waals surface area contributed by atoms with E-state index in [1.54, 1.807) is 0 Å². The Balaban J connectivity index is 3.64. The summed E-state index contributed by atoms with van der Waals surface area (Å²) in [7, 11) is 0. The molecule has 0 aliphatic rings. The zero-order valence-electron chi connectivity index (χ0n) is 7.73. The lowest BCUT2D eigenvalue weighted by Crippen LogP contribution is -2.08. The maximum atomic E-state index is 12.5. The molecule has 3 nitrogen and oxygen atoms in total. The molecule has 0 aliphatic carbocycles. The molecule has 0 heterocycles. The number of nitro benzene ring substituents is 1. The van der Waals surface area contributed by atoms with E-state index in [2.05, 4.69) is 0 Å². The predicted octanol–water partition coefficient (Wildman–Crippen LogP) is 4.23. The van der Waals surface area contributed by atoms with Crippen LogP contribution < -0.4 is 0 Å². The van der Waals surface area contributed by atoms with Crippen LogP contribution >= 0.6 is 23.2 Å². The molecule has 0 spiro atoms. The Morgan fingerprint density at radius 1 is 1.31 bits per heavy atom. The van der Waals surface area contributed by atoms with Gasteiger partial charge in [-0.1, -0.05) is 23.2 Å². The van der Waals surface area contributed by atoms with Crippen molar-refractivity contribution < 1.29 is 18.1 Å². The van der Waals surface area contributed by atoms with E-state index < -0.39 is 27.4 Å². The van der Waals surface area contributed by atoms with Crippen molar-refractivity contribution in [1.82, 2.24) is 0 Å². The highest BCUT2D eigenvalue weighted by atomic mass is 35.5. The van der Waals surface area contributed by atoms with Crippen molar-refractivity contribution >= 4 is 28.9 Å². The summed E-state index contributed by atoms with van der Waals surface area (Å²) in [6, 6.07) is 0.678. The van der Waals surface area contributed by atoms with Crippen molar-refractivity contribution in [2.75, 3.05) is 0 Å². The van der Waals surface area contributed by atoms with Gasteiger partial charge in [-0.05, 0) is 18.6 Å². The third kappa shape index (κ3) is 2.22. The van der Waals surface area contributed by atoms with Crippen molar-refractivity contribution in [3.05, 3.63) is 37.4 Å². The first-order valence-corrected chi connectivity index (χ1v) is 4.62. The number of hydrogen-bond acceptors (Lipinski definition) is 2. The van der Waals surface area contributed by atoms with Crippen LogP contribution in [0, 0.1) is 17.0 Å². The molecule has 0 fully saturated rings. The van der Waals surface area contributed by atoms with E-state index in [0.29, 0.717) is 6.07 Å². The molecule has 88 valence electrons. The van der Waals surface area contributed by atoms with Crippen LogP contribution in [0.5, 0.6) is 0 Å². The molecule has 0 N–H and O–H groups in total. The quantitative estimate of drug-likeness (QED) is 0.568. The van der Waals surface area contributed by atoms with Gasteiger partial charge in [0.15, 0.2) is 0 Å². The van der Waals surface area contributed by atoms with Crippen LogP contribution in [0.25, 0.3) is 0 Å². The number of hydrogen-bond donors (Lipinski definition) is 0. The van der Waals surface area contributed by atoms with Crippen LogP contribution in [-0.2, 0) is 6.18 Å². The van der Waals surface area contributed by atoms with Crippen molar-refractivity contribution in [2.45, 2.75) is 13.1 Å². The summed E-state index contributed by atoms with van der Waals surface area (Å²) in [6.45, 7) is 1.24. The van der Waals surface area contributed by atoms with Gasteiger partial charge in [0.1, 0.15) is 10.0 Å². The first kappa shape index (κ1) is 13.1. The fourth-order valence-electron chi connectivity index (χ4n) is 1.12. The standard InChI is InChI=1S/C8H4Cl2F3NO2/c1-3-2-4(8(11,12)13)6(10)7(5(3)9)14(15)16/h2H,1H3. The number of halogens is 5. The second-order valence-electron chi connectivity index (χ2n) is 2.97. The Labute approximate surface area is 97.9 Å². The maximum Gasteiger partial charge on any atom is 0.418 e. The lowest BCUT2D eigenvalue weighted by molar-refractivity contribution is -0.384. The van der Waals surface area contributed by atoms with E-state index in [-0.39, 0.29) is 10.6 Å². The van der Waals surface area contributed by atoms with E-state index in [1.807, 2.05) is 0 Å². The lowest BCUT2D eigenvalue weighted by atomic mass is 10.1. The second-order valence-corrected chi connectivity index (χ2v) is 3.73. The minimum absolute atomic E-state index is 0.0508. The minimum Gasteiger partial charge on any atom is -0.258 e. The van der Waals surface area contributed by atoms with E-state index >= 15 is 0 Å². The van der Waals surface area contributed by atoms with E-state index in [0.717, 1.165) is 0 Å². The number of nitrogens with zero attached hydrogens (tertiary/aromatic N) is 1. The summed E-state index contributed by atoms with van der Waals surface area (Å²) in [5.41, 5.74) is -2.23. The highest BCUT2D eigenvalue weighted by molar-refractivity contribution is 6.39. The highest BCUT2D eigenvalue weighted by Crippen LogP contribution is 2.43. The van der Waals surface area contributed by atoms with Gasteiger partial charge < -0.3 is 0 Å². The molecule has 0 unspecified atom stereocenters. The summed E-state index contributed by atoms with van der Waals surface area (Å²) in [6.07, 6.45) is -4.75. The Hall–Kier alpha value is -1.01. The van der Waals surface area contributed by atoms with Crippen molar-refractivity contribution in [3.8, 4) is 0 Å². The molecule has 1 aromatic rings. The second kappa shape index (κ2) is 4.10. The third-order valence-corrected chi connectivity index (χ3v) is 2.71. The Morgan fingerprint density at radius 2 is 1.81 bits per heavy atom. The van der Waals surface area contributed by atoms with Crippen molar-refractivity contribution in [3.63, 3.8) is 0 Å². The summed E-state index contributed by atoms with van der Waals surface area (Å²) < 4.78 is 37.4. The Kier molecular flexibility index (Phi) is 3.35. The topological polar surface area (TPSA) is 43.1 Å². The average Bonchev–Trinajstić information content (AvgIpc) is 2.09. The fourth-order valence-corrected chi connectivity index (χ4v) is 1.71. The van der Waals surface area contributed by atoms with Crippen LogP contribution in [-0.4, -0.2) is 4.92 Å². The smallest absolute Gasteiger partial charge is 0.258 e. The normalized spacial score (nSPS) is 11.6. The molecule has 0 saturated heterocycles. The zero-order chi connectivity index (χ0) is 12.7. The number of benzene rings is 1. The number of alkyl halides is 3. The summed E-state index contributed by atoms with van der Waals surface area (Å²) in [5.74, 6) is 0. The molecule has 0 aliphatic heterocycles. The molecule has 1 rings (SSSR count). The average molecular weight is 274 g/mol. The molecular weight excluding hydrogens is 270 g/mol. The van der Waals surface area contributed by atoms with Crippen LogP contribution in [0.4, 0.5) is 18.9 Å². The van der Waals surface area contributed by atoms with Gasteiger partial charge in [-0.2, -0.15) is 13.2 Å². The molecule has 1 aromatic carbocycles. The third-order valence-electron chi connectivity index (χ3n) is 1.85. The van der Waals surface area contributed by atoms with Gasteiger partial charge in [0.2, 0.25) is 0 Å². The van der Waals surface area contributed by atoms with E-state index in [1.165, 1.54) is 6.92 Å². The van der Waals surface area contributed by atoms with E-state index in [9.17, 15) is 23.3 Å². The van der Waals surface area contributed by atoms with Gasteiger partial charge in [0, 0.05) is 0 Å². The molecule has 8 heteroatoms. The van der Waals surface area contributed by atoms with Gasteiger partial charge >= 0.3 is 11.9 Å². The zero-order valence-corrected chi connectivity index (χ0v) is 9.24. The summed E-state index contributed by atoms with van der Waals surface area (Å²) in [5, 5.41) is 9.16. The SMILES string of the molecule is Cc1cc(C(F)(F)F)c(Cl)c([N+](=O)[O-])c1Cl. The Bertz CT molecular complexity index is 460. The first-order valence-electron chi connectivity index (χ1n) is 3.86. The number of rotatable bonds is 1. The first-order chi connectivity index (χ1) is 7.16. The lowest BCUT2D eigenvalue weighted by Gasteiger charge is -2.11. The molecule has 16 heavy (non-hydrogen) atoms. The van der Waals surface area contributed by atoms with E-state index in [4.69, 9.17) is 23.2 Å². The van der Waals surface area contributed by atoms with Gasteiger partial charge in [-0.15, -0.1) is 0 Å². The molecule has 0 radical (unpaired) electrons. The molecule has 0 saturated carbocycles. The van der Waals surface area contributed by atoms with Crippen molar-refractivity contribution in [1.29, 1.82) is 0 Å². The largest absolute Gasteiger partial charge is 0.418 e. The molecular formula is C8H4Cl2F3NO2. The van der Waals surface area contributed by atoms with Gasteiger partial charge in [0.25, 0.3) is 0 Å². The molecule has 0 aromatic heterocycles. The van der Waals surface area contributed by atoms with Gasteiger partial charge in [-0.25, -0.2) is 0 Å². The maximum absolute atomic E-state index is 12.5. The number of aryl methyl sites for hydroxylation is 1. The van der Waals surface area contributed by atoms with Crippen LogP contribution in [0.1, 0.15) is 11.1 Å². The monoisotopic (exact) mass is 273 g/mol. The van der Waals surface area contributed by atoms with Crippen LogP contribution in [0.2, 0.25) is 10.0 Å². The Morgan fingerprint density at radius 3 is 2.19 bits per heavy atom. The van der Waals surface area contributed by atoms with Gasteiger partial charge in [0.05, 0.1) is 10.5 Å². The molecule has 0 atom stereocenters. The molecule has 0 amide bonds. The predicted molar refractivity (Wildman–Crippen MR) is 52.9 cm³/mol.